The number of benzene rings is 2. The summed E-state index contributed by atoms with van der Waals surface area (Å²) in [6, 6.07) is 16.8. The maximum absolute atomic E-state index is 8.80. The molecule has 0 spiro atoms. The van der Waals surface area contributed by atoms with E-state index < -0.39 is 0 Å². The zero-order chi connectivity index (χ0) is 18.4. The Balaban J connectivity index is 1.60. The predicted octanol–water partition coefficient (Wildman–Crippen LogP) is 4.66. The van der Waals surface area contributed by atoms with Crippen molar-refractivity contribution in [3.8, 4) is 23.2 Å². The van der Waals surface area contributed by atoms with Gasteiger partial charge in [-0.15, -0.1) is 10.2 Å². The minimum Gasteiger partial charge on any atom is -0.493 e. The van der Waals surface area contributed by atoms with Gasteiger partial charge in [-0.25, -0.2) is 0 Å². The van der Waals surface area contributed by atoms with E-state index in [-0.39, 0.29) is 0 Å². The van der Waals surface area contributed by atoms with Crippen LogP contribution in [0.15, 0.2) is 53.7 Å². The molecule has 0 N–H and O–H groups in total. The van der Waals surface area contributed by atoms with Gasteiger partial charge in [-0.1, -0.05) is 35.5 Å². The molecule has 0 radical (unpaired) electrons. The summed E-state index contributed by atoms with van der Waals surface area (Å²) in [5.74, 6) is 2.31. The van der Waals surface area contributed by atoms with Crippen molar-refractivity contribution in [3.63, 3.8) is 0 Å². The third kappa shape index (κ3) is 4.37. The molecule has 0 fully saturated rings. The number of ether oxygens (including phenoxy) is 1. The van der Waals surface area contributed by atoms with Crippen LogP contribution in [0.25, 0.3) is 11.4 Å². The standard InChI is InChI=1S/C19H17ClN4OS/c1-2-24-18(15-4-3-5-16(20)12-15)22-23-19(24)26-11-10-25-17-8-6-14(13-21)7-9-17/h3-9,12H,2,10-11H2,1H3. The van der Waals surface area contributed by atoms with E-state index in [1.165, 1.54) is 0 Å². The van der Waals surface area contributed by atoms with Gasteiger partial charge in [0.2, 0.25) is 0 Å². The van der Waals surface area contributed by atoms with Crippen LogP contribution in [0.1, 0.15) is 12.5 Å². The fourth-order valence-corrected chi connectivity index (χ4v) is 3.45. The van der Waals surface area contributed by atoms with Gasteiger partial charge in [-0.2, -0.15) is 5.26 Å². The van der Waals surface area contributed by atoms with Crippen LogP contribution in [0.5, 0.6) is 5.75 Å². The summed E-state index contributed by atoms with van der Waals surface area (Å²) in [6.45, 7) is 3.38. The highest BCUT2D eigenvalue weighted by Crippen LogP contribution is 2.25. The minimum absolute atomic E-state index is 0.541. The summed E-state index contributed by atoms with van der Waals surface area (Å²) in [6.07, 6.45) is 0. The van der Waals surface area contributed by atoms with Crippen LogP contribution in [0.2, 0.25) is 5.02 Å². The topological polar surface area (TPSA) is 63.7 Å². The second kappa shape index (κ2) is 8.75. The lowest BCUT2D eigenvalue weighted by Gasteiger charge is -2.08. The zero-order valence-electron chi connectivity index (χ0n) is 14.2. The fourth-order valence-electron chi connectivity index (χ4n) is 2.44. The van der Waals surface area contributed by atoms with Gasteiger partial charge in [0.25, 0.3) is 0 Å². The average molecular weight is 385 g/mol. The SMILES string of the molecule is CCn1c(SCCOc2ccc(C#N)cc2)nnc1-c1cccc(Cl)c1. The van der Waals surface area contributed by atoms with Crippen LogP contribution in [0.3, 0.4) is 0 Å². The Morgan fingerprint density at radius 2 is 2.00 bits per heavy atom. The summed E-state index contributed by atoms with van der Waals surface area (Å²) in [5.41, 5.74) is 1.57. The largest absolute Gasteiger partial charge is 0.493 e. The van der Waals surface area contributed by atoms with Crippen molar-refractivity contribution >= 4 is 23.4 Å². The van der Waals surface area contributed by atoms with Gasteiger partial charge in [0.15, 0.2) is 11.0 Å². The highest BCUT2D eigenvalue weighted by Gasteiger charge is 2.13. The first kappa shape index (κ1) is 18.3. The van der Waals surface area contributed by atoms with Crippen molar-refractivity contribution in [2.75, 3.05) is 12.4 Å². The van der Waals surface area contributed by atoms with Crippen molar-refractivity contribution in [2.45, 2.75) is 18.6 Å². The van der Waals surface area contributed by atoms with Crippen molar-refractivity contribution < 1.29 is 4.74 Å². The minimum atomic E-state index is 0.541. The molecule has 0 bridgehead atoms. The normalized spacial score (nSPS) is 10.5. The molecule has 7 heteroatoms. The number of nitriles is 1. The molecule has 3 aromatic rings. The lowest BCUT2D eigenvalue weighted by molar-refractivity contribution is 0.344. The Kier molecular flexibility index (Phi) is 6.16. The smallest absolute Gasteiger partial charge is 0.191 e. The molecule has 1 heterocycles. The fraction of sp³-hybridized carbons (Fsp3) is 0.211. The molecule has 1 aromatic heterocycles. The molecule has 26 heavy (non-hydrogen) atoms. The summed E-state index contributed by atoms with van der Waals surface area (Å²) >= 11 is 7.68. The lowest BCUT2D eigenvalue weighted by atomic mass is 10.2. The number of thioether (sulfide) groups is 1. The number of hydrogen-bond donors (Lipinski definition) is 0. The Bertz CT molecular complexity index is 918. The molecule has 0 unspecified atom stereocenters. The maximum Gasteiger partial charge on any atom is 0.191 e. The van der Waals surface area contributed by atoms with E-state index in [9.17, 15) is 0 Å². The number of halogens is 1. The highest BCUT2D eigenvalue weighted by atomic mass is 35.5. The second-order valence-electron chi connectivity index (χ2n) is 5.39. The van der Waals surface area contributed by atoms with Gasteiger partial charge in [0, 0.05) is 22.9 Å². The molecule has 0 amide bonds. The second-order valence-corrected chi connectivity index (χ2v) is 6.89. The van der Waals surface area contributed by atoms with Crippen LogP contribution in [-0.4, -0.2) is 27.1 Å². The van der Waals surface area contributed by atoms with Crippen LogP contribution >= 0.6 is 23.4 Å². The first-order chi connectivity index (χ1) is 12.7. The molecule has 5 nitrogen and oxygen atoms in total. The molecule has 2 aromatic carbocycles. The van der Waals surface area contributed by atoms with Gasteiger partial charge in [-0.05, 0) is 43.3 Å². The van der Waals surface area contributed by atoms with Gasteiger partial charge in [-0.3, -0.25) is 0 Å². The Morgan fingerprint density at radius 1 is 1.19 bits per heavy atom. The van der Waals surface area contributed by atoms with Gasteiger partial charge in [0.1, 0.15) is 5.75 Å². The third-order valence-corrected chi connectivity index (χ3v) is 4.85. The van der Waals surface area contributed by atoms with Crippen LogP contribution in [0.4, 0.5) is 0 Å². The average Bonchev–Trinajstić information content (AvgIpc) is 3.08. The summed E-state index contributed by atoms with van der Waals surface area (Å²) < 4.78 is 7.77. The van der Waals surface area contributed by atoms with E-state index in [1.54, 1.807) is 36.0 Å². The monoisotopic (exact) mass is 384 g/mol. The summed E-state index contributed by atoms with van der Waals surface area (Å²) in [5, 5.41) is 19.0. The molecule has 0 atom stereocenters. The number of aromatic nitrogens is 3. The van der Waals surface area contributed by atoms with E-state index in [0.29, 0.717) is 17.2 Å². The molecular weight excluding hydrogens is 368 g/mol. The molecule has 3 rings (SSSR count). The Labute approximate surface area is 161 Å². The van der Waals surface area contributed by atoms with Crippen molar-refractivity contribution in [3.05, 3.63) is 59.1 Å². The third-order valence-electron chi connectivity index (χ3n) is 3.68. The van der Waals surface area contributed by atoms with E-state index in [1.807, 2.05) is 24.3 Å². The Hall–Kier alpha value is -2.49. The summed E-state index contributed by atoms with van der Waals surface area (Å²) in [4.78, 5) is 0. The number of hydrogen-bond acceptors (Lipinski definition) is 5. The molecule has 0 aliphatic carbocycles. The first-order valence-corrected chi connectivity index (χ1v) is 9.52. The van der Waals surface area contributed by atoms with Gasteiger partial charge < -0.3 is 9.30 Å². The van der Waals surface area contributed by atoms with Crippen LogP contribution in [0, 0.1) is 11.3 Å². The zero-order valence-corrected chi connectivity index (χ0v) is 15.8. The van der Waals surface area contributed by atoms with Crippen molar-refractivity contribution in [1.82, 2.24) is 14.8 Å². The number of rotatable bonds is 7. The molecule has 0 aliphatic heterocycles. The molecule has 0 aliphatic rings. The summed E-state index contributed by atoms with van der Waals surface area (Å²) in [7, 11) is 0. The quantitative estimate of drug-likeness (QED) is 0.437. The van der Waals surface area contributed by atoms with Gasteiger partial charge >= 0.3 is 0 Å². The predicted molar refractivity (Wildman–Crippen MR) is 104 cm³/mol. The molecule has 0 saturated heterocycles. The molecule has 0 saturated carbocycles. The molecular formula is C19H17ClN4OS. The van der Waals surface area contributed by atoms with E-state index in [2.05, 4.69) is 27.8 Å². The lowest BCUT2D eigenvalue weighted by Crippen LogP contribution is -2.03. The van der Waals surface area contributed by atoms with Crippen molar-refractivity contribution in [1.29, 1.82) is 5.26 Å². The van der Waals surface area contributed by atoms with Gasteiger partial charge in [0.05, 0.1) is 18.2 Å². The van der Waals surface area contributed by atoms with Crippen LogP contribution < -0.4 is 4.74 Å². The highest BCUT2D eigenvalue weighted by molar-refractivity contribution is 7.99. The maximum atomic E-state index is 8.80. The van der Waals surface area contributed by atoms with Crippen LogP contribution in [-0.2, 0) is 6.54 Å². The number of nitrogens with zero attached hydrogens (tertiary/aromatic N) is 4. The van der Waals surface area contributed by atoms with E-state index >= 15 is 0 Å². The Morgan fingerprint density at radius 3 is 2.69 bits per heavy atom. The van der Waals surface area contributed by atoms with E-state index in [4.69, 9.17) is 21.6 Å². The van der Waals surface area contributed by atoms with E-state index in [0.717, 1.165) is 34.6 Å². The first-order valence-electron chi connectivity index (χ1n) is 8.16. The van der Waals surface area contributed by atoms with Crippen molar-refractivity contribution in [2.24, 2.45) is 0 Å². The molecule has 132 valence electrons.